The van der Waals surface area contributed by atoms with E-state index in [-0.39, 0.29) is 11.1 Å². The Hall–Kier alpha value is -1.13. The summed E-state index contributed by atoms with van der Waals surface area (Å²) in [7, 11) is 0. The molecular formula is C11H16ClN3O. The third-order valence-electron chi connectivity index (χ3n) is 2.17. The van der Waals surface area contributed by atoms with Crippen molar-refractivity contribution in [2.45, 2.75) is 32.7 Å². The first kappa shape index (κ1) is 12.9. The monoisotopic (exact) mass is 241 g/mol. The highest BCUT2D eigenvalue weighted by molar-refractivity contribution is 6.32. The van der Waals surface area contributed by atoms with Crippen LogP contribution >= 0.6 is 11.6 Å². The van der Waals surface area contributed by atoms with Gasteiger partial charge in [-0.3, -0.25) is 4.79 Å². The van der Waals surface area contributed by atoms with E-state index in [1.54, 1.807) is 12.3 Å². The van der Waals surface area contributed by atoms with Crippen molar-refractivity contribution in [2.75, 3.05) is 5.32 Å². The van der Waals surface area contributed by atoms with Gasteiger partial charge in [0.25, 0.3) is 0 Å². The highest BCUT2D eigenvalue weighted by Gasteiger charge is 2.14. The van der Waals surface area contributed by atoms with Crippen LogP contribution in [0.1, 0.15) is 25.3 Å². The number of aryl methyl sites for hydroxylation is 1. The molecule has 1 atom stereocenters. The van der Waals surface area contributed by atoms with Crippen LogP contribution in [-0.4, -0.2) is 16.9 Å². The summed E-state index contributed by atoms with van der Waals surface area (Å²) in [6.07, 6.45) is 3.17. The number of carbonyl (C=O) groups is 1. The minimum absolute atomic E-state index is 0.226. The molecule has 0 aliphatic carbocycles. The number of halogens is 1. The van der Waals surface area contributed by atoms with Gasteiger partial charge in [0.15, 0.2) is 5.15 Å². The smallest absolute Gasteiger partial charge is 0.241 e. The van der Waals surface area contributed by atoms with Crippen LogP contribution in [0.3, 0.4) is 0 Å². The second-order valence-corrected chi connectivity index (χ2v) is 4.09. The summed E-state index contributed by atoms with van der Waals surface area (Å²) in [6.45, 7) is 3.86. The van der Waals surface area contributed by atoms with E-state index in [9.17, 15) is 4.79 Å². The Bertz CT molecular complexity index is 381. The molecule has 0 aromatic carbocycles. The molecule has 0 aliphatic heterocycles. The van der Waals surface area contributed by atoms with Crippen molar-refractivity contribution in [3.8, 4) is 0 Å². The molecule has 3 N–H and O–H groups in total. The zero-order chi connectivity index (χ0) is 12.1. The average molecular weight is 242 g/mol. The van der Waals surface area contributed by atoms with Gasteiger partial charge in [0.05, 0.1) is 11.7 Å². The lowest BCUT2D eigenvalue weighted by molar-refractivity contribution is -0.117. The minimum Gasteiger partial charge on any atom is -0.322 e. The van der Waals surface area contributed by atoms with Crippen LogP contribution in [0, 0.1) is 6.92 Å². The van der Waals surface area contributed by atoms with E-state index in [1.807, 2.05) is 13.8 Å². The summed E-state index contributed by atoms with van der Waals surface area (Å²) in [5.74, 6) is -0.226. The van der Waals surface area contributed by atoms with E-state index >= 15 is 0 Å². The summed E-state index contributed by atoms with van der Waals surface area (Å²) in [4.78, 5) is 15.6. The van der Waals surface area contributed by atoms with E-state index in [2.05, 4.69) is 10.3 Å². The van der Waals surface area contributed by atoms with Crippen LogP contribution in [0.25, 0.3) is 0 Å². The highest BCUT2D eigenvalue weighted by Crippen LogP contribution is 2.19. The first-order valence-electron chi connectivity index (χ1n) is 5.23. The molecule has 88 valence electrons. The molecule has 0 radical (unpaired) electrons. The third-order valence-corrected chi connectivity index (χ3v) is 2.47. The normalized spacial score (nSPS) is 12.2. The minimum atomic E-state index is -0.499. The number of nitrogens with zero attached hydrogens (tertiary/aromatic N) is 1. The van der Waals surface area contributed by atoms with Gasteiger partial charge in [-0.2, -0.15) is 0 Å². The SMILES string of the molecule is CCC[C@H](N)C(=O)Nc1cc(C)cnc1Cl. The average Bonchev–Trinajstić information content (AvgIpc) is 2.23. The maximum Gasteiger partial charge on any atom is 0.241 e. The van der Waals surface area contributed by atoms with Gasteiger partial charge in [0.1, 0.15) is 0 Å². The summed E-state index contributed by atoms with van der Waals surface area (Å²) in [5.41, 5.74) is 7.13. The predicted octanol–water partition coefficient (Wildman–Crippen LogP) is 2.11. The molecule has 0 spiro atoms. The first-order chi connectivity index (χ1) is 7.54. The van der Waals surface area contributed by atoms with Gasteiger partial charge in [-0.1, -0.05) is 24.9 Å². The third kappa shape index (κ3) is 3.47. The molecule has 0 saturated carbocycles. The molecule has 1 rings (SSSR count). The summed E-state index contributed by atoms with van der Waals surface area (Å²) >= 11 is 5.86. The Balaban J connectivity index is 2.72. The molecule has 1 heterocycles. The van der Waals surface area contributed by atoms with Crippen molar-refractivity contribution < 1.29 is 4.79 Å². The van der Waals surface area contributed by atoms with Crippen molar-refractivity contribution in [3.05, 3.63) is 23.0 Å². The Kier molecular flexibility index (Phi) is 4.71. The van der Waals surface area contributed by atoms with Crippen LogP contribution in [-0.2, 0) is 4.79 Å². The molecular weight excluding hydrogens is 226 g/mol. The fraction of sp³-hybridized carbons (Fsp3) is 0.455. The number of aromatic nitrogens is 1. The lowest BCUT2D eigenvalue weighted by Crippen LogP contribution is -2.35. The number of anilines is 1. The zero-order valence-corrected chi connectivity index (χ0v) is 10.2. The van der Waals surface area contributed by atoms with E-state index in [0.717, 1.165) is 12.0 Å². The van der Waals surface area contributed by atoms with Crippen LogP contribution in [0.4, 0.5) is 5.69 Å². The second-order valence-electron chi connectivity index (χ2n) is 3.74. The zero-order valence-electron chi connectivity index (χ0n) is 9.46. The second kappa shape index (κ2) is 5.82. The molecule has 5 heteroatoms. The molecule has 0 fully saturated rings. The fourth-order valence-corrected chi connectivity index (χ4v) is 1.46. The molecule has 0 aliphatic rings. The Morgan fingerprint density at radius 1 is 1.69 bits per heavy atom. The van der Waals surface area contributed by atoms with Gasteiger partial charge in [-0.25, -0.2) is 4.98 Å². The van der Waals surface area contributed by atoms with Gasteiger partial charge < -0.3 is 11.1 Å². The molecule has 1 aromatic rings. The highest BCUT2D eigenvalue weighted by atomic mass is 35.5. The van der Waals surface area contributed by atoms with Crippen LogP contribution in [0.5, 0.6) is 0 Å². The molecule has 1 amide bonds. The van der Waals surface area contributed by atoms with Crippen molar-refractivity contribution in [1.82, 2.24) is 4.98 Å². The number of pyridine rings is 1. The lowest BCUT2D eigenvalue weighted by Gasteiger charge is -2.12. The predicted molar refractivity (Wildman–Crippen MR) is 65.5 cm³/mol. The Morgan fingerprint density at radius 3 is 3.00 bits per heavy atom. The Morgan fingerprint density at radius 2 is 2.38 bits per heavy atom. The number of amides is 1. The summed E-state index contributed by atoms with van der Waals surface area (Å²) in [6, 6.07) is 1.27. The summed E-state index contributed by atoms with van der Waals surface area (Å²) < 4.78 is 0. The van der Waals surface area contributed by atoms with E-state index < -0.39 is 6.04 Å². The van der Waals surface area contributed by atoms with Crippen LogP contribution in [0.2, 0.25) is 5.15 Å². The molecule has 1 aromatic heterocycles. The van der Waals surface area contributed by atoms with E-state index in [0.29, 0.717) is 12.1 Å². The van der Waals surface area contributed by atoms with Gasteiger partial charge in [0, 0.05) is 6.20 Å². The topological polar surface area (TPSA) is 68.0 Å². The number of nitrogens with one attached hydrogen (secondary N) is 1. The van der Waals surface area contributed by atoms with Gasteiger partial charge in [0.2, 0.25) is 5.91 Å². The number of hydrogen-bond acceptors (Lipinski definition) is 3. The lowest BCUT2D eigenvalue weighted by atomic mass is 10.1. The van der Waals surface area contributed by atoms with Gasteiger partial charge >= 0.3 is 0 Å². The fourth-order valence-electron chi connectivity index (χ4n) is 1.31. The van der Waals surface area contributed by atoms with E-state index in [4.69, 9.17) is 17.3 Å². The molecule has 0 saturated heterocycles. The first-order valence-corrected chi connectivity index (χ1v) is 5.61. The number of rotatable bonds is 4. The van der Waals surface area contributed by atoms with Crippen molar-refractivity contribution >= 4 is 23.2 Å². The number of hydrogen-bond donors (Lipinski definition) is 2. The van der Waals surface area contributed by atoms with Crippen LogP contribution in [0.15, 0.2) is 12.3 Å². The molecule has 0 bridgehead atoms. The van der Waals surface area contributed by atoms with Crippen LogP contribution < -0.4 is 11.1 Å². The van der Waals surface area contributed by atoms with Crippen molar-refractivity contribution in [1.29, 1.82) is 0 Å². The molecule has 4 nitrogen and oxygen atoms in total. The van der Waals surface area contributed by atoms with Gasteiger partial charge in [-0.05, 0) is 25.0 Å². The van der Waals surface area contributed by atoms with Crippen molar-refractivity contribution in [3.63, 3.8) is 0 Å². The Labute approximate surface area is 100 Å². The maximum absolute atomic E-state index is 11.6. The maximum atomic E-state index is 11.6. The largest absolute Gasteiger partial charge is 0.322 e. The van der Waals surface area contributed by atoms with Gasteiger partial charge in [-0.15, -0.1) is 0 Å². The van der Waals surface area contributed by atoms with E-state index in [1.165, 1.54) is 0 Å². The number of nitrogens with two attached hydrogens (primary N) is 1. The molecule has 16 heavy (non-hydrogen) atoms. The standard InChI is InChI=1S/C11H16ClN3O/c1-3-4-8(13)11(16)15-9-5-7(2)6-14-10(9)12/h5-6,8H,3-4,13H2,1-2H3,(H,15,16)/t8-/m0/s1. The number of carbonyl (C=O) groups excluding carboxylic acids is 1. The summed E-state index contributed by atoms with van der Waals surface area (Å²) in [5, 5.41) is 2.96. The molecule has 0 unspecified atom stereocenters. The quantitative estimate of drug-likeness (QED) is 0.794. The van der Waals surface area contributed by atoms with Crippen molar-refractivity contribution in [2.24, 2.45) is 5.73 Å².